The van der Waals surface area contributed by atoms with Crippen LogP contribution in [0.25, 0.3) is 0 Å². The summed E-state index contributed by atoms with van der Waals surface area (Å²) in [5.74, 6) is 1.83. The molecule has 0 saturated carbocycles. The SMILES string of the molecule is CC1CCN(Cc2cc(CNC(C)(C)C)no2)C(C)C1. The Labute approximate surface area is 122 Å². The van der Waals surface area contributed by atoms with Crippen molar-refractivity contribution >= 4 is 0 Å². The van der Waals surface area contributed by atoms with Crippen molar-refractivity contribution in [2.24, 2.45) is 5.92 Å². The Morgan fingerprint density at radius 3 is 2.80 bits per heavy atom. The fourth-order valence-corrected chi connectivity index (χ4v) is 2.76. The van der Waals surface area contributed by atoms with E-state index in [9.17, 15) is 0 Å². The lowest BCUT2D eigenvalue weighted by atomic mass is 9.93. The van der Waals surface area contributed by atoms with Gasteiger partial charge in [0.25, 0.3) is 0 Å². The molecule has 1 N–H and O–H groups in total. The molecule has 2 unspecified atom stereocenters. The number of nitrogens with zero attached hydrogens (tertiary/aromatic N) is 2. The molecule has 4 nitrogen and oxygen atoms in total. The van der Waals surface area contributed by atoms with Gasteiger partial charge in [0, 0.05) is 24.2 Å². The highest BCUT2D eigenvalue weighted by atomic mass is 16.5. The summed E-state index contributed by atoms with van der Waals surface area (Å²) in [6.45, 7) is 13.9. The van der Waals surface area contributed by atoms with Gasteiger partial charge in [0.1, 0.15) is 0 Å². The predicted octanol–water partition coefficient (Wildman–Crippen LogP) is 3.18. The minimum absolute atomic E-state index is 0.108. The van der Waals surface area contributed by atoms with Crippen molar-refractivity contribution in [2.75, 3.05) is 6.54 Å². The fourth-order valence-electron chi connectivity index (χ4n) is 2.76. The van der Waals surface area contributed by atoms with Crippen LogP contribution in [0.2, 0.25) is 0 Å². The average Bonchev–Trinajstić information content (AvgIpc) is 2.77. The third-order valence-electron chi connectivity index (χ3n) is 4.04. The molecule has 1 saturated heterocycles. The van der Waals surface area contributed by atoms with E-state index in [2.05, 4.69) is 56.1 Å². The Hall–Kier alpha value is -0.870. The minimum atomic E-state index is 0.108. The first kappa shape index (κ1) is 15.5. The molecule has 114 valence electrons. The smallest absolute Gasteiger partial charge is 0.151 e. The summed E-state index contributed by atoms with van der Waals surface area (Å²) in [5, 5.41) is 7.59. The van der Waals surface area contributed by atoms with Crippen LogP contribution in [0.3, 0.4) is 0 Å². The highest BCUT2D eigenvalue weighted by Gasteiger charge is 2.24. The lowest BCUT2D eigenvalue weighted by Gasteiger charge is -2.35. The van der Waals surface area contributed by atoms with E-state index in [-0.39, 0.29) is 5.54 Å². The summed E-state index contributed by atoms with van der Waals surface area (Å²) < 4.78 is 5.48. The Kier molecular flexibility index (Phi) is 4.86. The predicted molar refractivity (Wildman–Crippen MR) is 81.4 cm³/mol. The standard InChI is InChI=1S/C16H29N3O/c1-12-6-7-19(13(2)8-12)11-15-9-14(18-20-15)10-17-16(3,4)5/h9,12-13,17H,6-8,10-11H2,1-5H3. The molecule has 1 aromatic rings. The van der Waals surface area contributed by atoms with Crippen molar-refractivity contribution in [3.8, 4) is 0 Å². The van der Waals surface area contributed by atoms with Crippen molar-refractivity contribution < 1.29 is 4.52 Å². The molecule has 4 heteroatoms. The van der Waals surface area contributed by atoms with Crippen LogP contribution < -0.4 is 5.32 Å². The normalized spacial score (nSPS) is 25.1. The first-order valence-corrected chi connectivity index (χ1v) is 7.77. The van der Waals surface area contributed by atoms with E-state index in [0.717, 1.165) is 30.5 Å². The van der Waals surface area contributed by atoms with Crippen molar-refractivity contribution in [3.05, 3.63) is 17.5 Å². The zero-order valence-corrected chi connectivity index (χ0v) is 13.6. The second-order valence-corrected chi connectivity index (χ2v) is 7.34. The summed E-state index contributed by atoms with van der Waals surface area (Å²) in [6, 6.07) is 2.73. The lowest BCUT2D eigenvalue weighted by Crippen LogP contribution is -2.39. The van der Waals surface area contributed by atoms with Crippen LogP contribution in [0.5, 0.6) is 0 Å². The van der Waals surface area contributed by atoms with Crippen molar-refractivity contribution in [1.82, 2.24) is 15.4 Å². The van der Waals surface area contributed by atoms with Crippen LogP contribution >= 0.6 is 0 Å². The maximum atomic E-state index is 5.48. The average molecular weight is 279 g/mol. The molecule has 0 bridgehead atoms. The Morgan fingerprint density at radius 1 is 1.40 bits per heavy atom. The van der Waals surface area contributed by atoms with Gasteiger partial charge in [-0.25, -0.2) is 0 Å². The summed E-state index contributed by atoms with van der Waals surface area (Å²) in [7, 11) is 0. The number of rotatable bonds is 4. The van der Waals surface area contributed by atoms with Gasteiger partial charge in [-0.2, -0.15) is 0 Å². The number of hydrogen-bond donors (Lipinski definition) is 1. The third kappa shape index (κ3) is 4.60. The van der Waals surface area contributed by atoms with Gasteiger partial charge in [-0.05, 0) is 53.0 Å². The van der Waals surface area contributed by atoms with E-state index < -0.39 is 0 Å². The Balaban J connectivity index is 1.86. The van der Waals surface area contributed by atoms with Crippen LogP contribution in [-0.2, 0) is 13.1 Å². The van der Waals surface area contributed by atoms with Gasteiger partial charge in [0.05, 0.1) is 12.2 Å². The van der Waals surface area contributed by atoms with E-state index in [1.165, 1.54) is 19.4 Å². The zero-order chi connectivity index (χ0) is 14.8. The molecule has 0 radical (unpaired) electrons. The highest BCUT2D eigenvalue weighted by molar-refractivity contribution is 5.06. The molecule has 2 rings (SSSR count). The van der Waals surface area contributed by atoms with Gasteiger partial charge < -0.3 is 9.84 Å². The zero-order valence-electron chi connectivity index (χ0n) is 13.6. The molecule has 0 spiro atoms. The largest absolute Gasteiger partial charge is 0.360 e. The molecule has 1 fully saturated rings. The van der Waals surface area contributed by atoms with E-state index in [4.69, 9.17) is 4.52 Å². The number of aromatic nitrogens is 1. The van der Waals surface area contributed by atoms with E-state index in [1.807, 2.05) is 0 Å². The van der Waals surface area contributed by atoms with Gasteiger partial charge in [0.15, 0.2) is 5.76 Å². The molecule has 2 atom stereocenters. The second kappa shape index (κ2) is 6.27. The maximum absolute atomic E-state index is 5.48. The van der Waals surface area contributed by atoms with Crippen LogP contribution in [0.1, 0.15) is 58.9 Å². The molecular formula is C16H29N3O. The molecule has 1 aromatic heterocycles. The number of piperidine rings is 1. The quantitative estimate of drug-likeness (QED) is 0.919. The van der Waals surface area contributed by atoms with Crippen molar-refractivity contribution in [1.29, 1.82) is 0 Å². The number of likely N-dealkylation sites (tertiary alicyclic amines) is 1. The van der Waals surface area contributed by atoms with E-state index in [1.54, 1.807) is 0 Å². The number of hydrogen-bond acceptors (Lipinski definition) is 4. The first-order chi connectivity index (χ1) is 9.33. The van der Waals surface area contributed by atoms with Crippen LogP contribution in [-0.4, -0.2) is 28.2 Å². The summed E-state index contributed by atoms with van der Waals surface area (Å²) >= 11 is 0. The van der Waals surface area contributed by atoms with Crippen molar-refractivity contribution in [3.63, 3.8) is 0 Å². The molecule has 20 heavy (non-hydrogen) atoms. The molecule has 0 amide bonds. The molecule has 1 aliphatic heterocycles. The lowest BCUT2D eigenvalue weighted by molar-refractivity contribution is 0.110. The highest BCUT2D eigenvalue weighted by Crippen LogP contribution is 2.23. The fraction of sp³-hybridized carbons (Fsp3) is 0.812. The van der Waals surface area contributed by atoms with Crippen LogP contribution in [0.4, 0.5) is 0 Å². The number of nitrogens with one attached hydrogen (secondary N) is 1. The van der Waals surface area contributed by atoms with Gasteiger partial charge in [0.2, 0.25) is 0 Å². The molecule has 1 aliphatic rings. The van der Waals surface area contributed by atoms with Crippen LogP contribution in [0, 0.1) is 5.92 Å². The molecular weight excluding hydrogens is 250 g/mol. The van der Waals surface area contributed by atoms with Crippen LogP contribution in [0.15, 0.2) is 10.6 Å². The molecule has 2 heterocycles. The molecule has 0 aromatic carbocycles. The Bertz CT molecular complexity index is 422. The maximum Gasteiger partial charge on any atom is 0.151 e. The second-order valence-electron chi connectivity index (χ2n) is 7.34. The van der Waals surface area contributed by atoms with E-state index in [0.29, 0.717) is 6.04 Å². The van der Waals surface area contributed by atoms with Crippen molar-refractivity contribution in [2.45, 2.75) is 72.1 Å². The summed E-state index contributed by atoms with van der Waals surface area (Å²) in [6.07, 6.45) is 2.57. The topological polar surface area (TPSA) is 41.3 Å². The summed E-state index contributed by atoms with van der Waals surface area (Å²) in [4.78, 5) is 2.50. The first-order valence-electron chi connectivity index (χ1n) is 7.77. The third-order valence-corrected chi connectivity index (χ3v) is 4.04. The van der Waals surface area contributed by atoms with Gasteiger partial charge in [-0.3, -0.25) is 4.90 Å². The summed E-state index contributed by atoms with van der Waals surface area (Å²) in [5.41, 5.74) is 1.10. The van der Waals surface area contributed by atoms with Gasteiger partial charge >= 0.3 is 0 Å². The molecule has 0 aliphatic carbocycles. The monoisotopic (exact) mass is 279 g/mol. The Morgan fingerprint density at radius 2 is 2.15 bits per heavy atom. The van der Waals surface area contributed by atoms with Gasteiger partial charge in [-0.15, -0.1) is 0 Å². The van der Waals surface area contributed by atoms with Gasteiger partial charge in [-0.1, -0.05) is 12.1 Å². The minimum Gasteiger partial charge on any atom is -0.360 e. The van der Waals surface area contributed by atoms with E-state index >= 15 is 0 Å².